The van der Waals surface area contributed by atoms with Crippen LogP contribution in [-0.2, 0) is 0 Å². The van der Waals surface area contributed by atoms with Gasteiger partial charge in [-0.1, -0.05) is 0 Å². The van der Waals surface area contributed by atoms with Gasteiger partial charge in [-0.25, -0.2) is 4.98 Å². The number of rotatable bonds is 4. The summed E-state index contributed by atoms with van der Waals surface area (Å²) < 4.78 is 5.47. The third-order valence-corrected chi connectivity index (χ3v) is 2.53. The molecule has 0 saturated heterocycles. The van der Waals surface area contributed by atoms with Gasteiger partial charge in [0.15, 0.2) is 6.29 Å². The molecule has 0 spiro atoms. The molecule has 4 nitrogen and oxygen atoms in total. The Morgan fingerprint density at radius 2 is 2.29 bits per heavy atom. The van der Waals surface area contributed by atoms with Crippen molar-refractivity contribution in [2.45, 2.75) is 13.8 Å². The van der Waals surface area contributed by atoms with Crippen LogP contribution in [0.1, 0.15) is 23.0 Å². The summed E-state index contributed by atoms with van der Waals surface area (Å²) in [4.78, 5) is 17.8. The molecule has 0 aliphatic rings. The first kappa shape index (κ1) is 11.4. The van der Waals surface area contributed by atoms with E-state index in [9.17, 15) is 4.79 Å². The number of carbonyl (C=O) groups is 1. The number of aldehydes is 1. The molecule has 1 aromatic carbocycles. The first-order valence-electron chi connectivity index (χ1n) is 5.48. The van der Waals surface area contributed by atoms with E-state index in [1.54, 1.807) is 0 Å². The third kappa shape index (κ3) is 2.20. The minimum absolute atomic E-state index is 0.494. The van der Waals surface area contributed by atoms with E-state index < -0.39 is 0 Å². The maximum absolute atomic E-state index is 10.8. The van der Waals surface area contributed by atoms with Crippen LogP contribution in [-0.4, -0.2) is 22.9 Å². The predicted molar refractivity (Wildman–Crippen MR) is 65.3 cm³/mol. The number of aromatic nitrogens is 2. The highest BCUT2D eigenvalue weighted by Crippen LogP contribution is 2.26. The Hall–Kier alpha value is -2.10. The van der Waals surface area contributed by atoms with Crippen molar-refractivity contribution in [2.24, 2.45) is 0 Å². The fourth-order valence-corrected chi connectivity index (χ4v) is 1.74. The molecule has 0 aliphatic carbocycles. The van der Waals surface area contributed by atoms with E-state index in [4.69, 9.17) is 4.74 Å². The lowest BCUT2D eigenvalue weighted by Crippen LogP contribution is -1.94. The van der Waals surface area contributed by atoms with Gasteiger partial charge in [0, 0.05) is 5.56 Å². The number of aromatic amines is 1. The Labute approximate surface area is 99.7 Å². The highest BCUT2D eigenvalue weighted by molar-refractivity contribution is 5.83. The van der Waals surface area contributed by atoms with Crippen LogP contribution in [0.4, 0.5) is 0 Å². The zero-order valence-corrected chi connectivity index (χ0v) is 9.86. The maximum Gasteiger partial charge on any atom is 0.168 e. The summed E-state index contributed by atoms with van der Waals surface area (Å²) >= 11 is 0. The molecule has 0 amide bonds. The zero-order chi connectivity index (χ0) is 12.3. The minimum Gasteiger partial charge on any atom is -0.494 e. The van der Waals surface area contributed by atoms with Gasteiger partial charge in [0.2, 0.25) is 0 Å². The molecule has 4 heteroatoms. The first-order chi connectivity index (χ1) is 8.26. The van der Waals surface area contributed by atoms with Crippen molar-refractivity contribution in [3.05, 3.63) is 35.8 Å². The maximum atomic E-state index is 10.8. The number of carbonyl (C=O) groups excluding carboxylic acids is 1. The molecular formula is C13H14N2O2. The molecule has 0 fully saturated rings. The highest BCUT2D eigenvalue weighted by atomic mass is 16.5. The van der Waals surface area contributed by atoms with Crippen molar-refractivity contribution in [2.75, 3.05) is 6.61 Å². The molecule has 0 atom stereocenters. The van der Waals surface area contributed by atoms with Gasteiger partial charge in [-0.05, 0) is 37.6 Å². The number of imidazole rings is 1. The predicted octanol–water partition coefficient (Wildman–Crippen LogP) is 2.60. The summed E-state index contributed by atoms with van der Waals surface area (Å²) in [5.74, 6) is 0.861. The topological polar surface area (TPSA) is 55.0 Å². The highest BCUT2D eigenvalue weighted by Gasteiger charge is 2.09. The Morgan fingerprint density at radius 1 is 1.47 bits per heavy atom. The molecule has 17 heavy (non-hydrogen) atoms. The second-order valence-corrected chi connectivity index (χ2v) is 3.70. The number of benzene rings is 1. The van der Waals surface area contributed by atoms with Crippen LogP contribution in [0.3, 0.4) is 0 Å². The van der Waals surface area contributed by atoms with Crippen molar-refractivity contribution < 1.29 is 9.53 Å². The van der Waals surface area contributed by atoms with Gasteiger partial charge in [0.25, 0.3) is 0 Å². The van der Waals surface area contributed by atoms with Gasteiger partial charge in [0.05, 0.1) is 18.6 Å². The first-order valence-corrected chi connectivity index (χ1v) is 5.48. The Kier molecular flexibility index (Phi) is 3.23. The molecule has 1 N–H and O–H groups in total. The lowest BCUT2D eigenvalue weighted by molar-refractivity contribution is 0.112. The van der Waals surface area contributed by atoms with Gasteiger partial charge in [0.1, 0.15) is 11.4 Å². The average molecular weight is 230 g/mol. The molecule has 0 bridgehead atoms. The van der Waals surface area contributed by atoms with Gasteiger partial charge >= 0.3 is 0 Å². The molecule has 2 rings (SSSR count). The molecule has 1 heterocycles. The summed E-state index contributed by atoms with van der Waals surface area (Å²) in [6.07, 6.45) is 2.29. The number of hydrogen-bond donors (Lipinski definition) is 1. The van der Waals surface area contributed by atoms with Gasteiger partial charge in [-0.15, -0.1) is 0 Å². The third-order valence-electron chi connectivity index (χ3n) is 2.53. The SMILES string of the molecule is CCOc1ccc(-c2nc[nH]c2C=O)cc1C. The number of hydrogen-bond acceptors (Lipinski definition) is 3. The molecule has 0 radical (unpaired) electrons. The van der Waals surface area contributed by atoms with Gasteiger partial charge < -0.3 is 9.72 Å². The van der Waals surface area contributed by atoms with E-state index in [1.807, 2.05) is 32.0 Å². The average Bonchev–Trinajstić information content (AvgIpc) is 2.80. The number of H-pyrrole nitrogens is 1. The van der Waals surface area contributed by atoms with Crippen molar-refractivity contribution >= 4 is 6.29 Å². The Bertz CT molecular complexity index is 532. The molecule has 0 unspecified atom stereocenters. The van der Waals surface area contributed by atoms with Crippen LogP contribution in [0.2, 0.25) is 0 Å². The molecule has 1 aromatic heterocycles. The van der Waals surface area contributed by atoms with Crippen molar-refractivity contribution in [1.29, 1.82) is 0 Å². The van der Waals surface area contributed by atoms with Crippen LogP contribution >= 0.6 is 0 Å². The van der Waals surface area contributed by atoms with E-state index in [0.717, 1.165) is 23.2 Å². The van der Waals surface area contributed by atoms with Crippen molar-refractivity contribution in [3.8, 4) is 17.0 Å². The Balaban J connectivity index is 2.41. The summed E-state index contributed by atoms with van der Waals surface area (Å²) in [5, 5.41) is 0. The second-order valence-electron chi connectivity index (χ2n) is 3.70. The van der Waals surface area contributed by atoms with Crippen LogP contribution in [0.25, 0.3) is 11.3 Å². The number of nitrogens with one attached hydrogen (secondary N) is 1. The molecule has 0 saturated carbocycles. The lowest BCUT2D eigenvalue weighted by Gasteiger charge is -2.08. The smallest absolute Gasteiger partial charge is 0.168 e. The summed E-state index contributed by atoms with van der Waals surface area (Å²) in [6, 6.07) is 5.77. The van der Waals surface area contributed by atoms with E-state index in [2.05, 4.69) is 9.97 Å². The molecule has 88 valence electrons. The normalized spacial score (nSPS) is 10.2. The van der Waals surface area contributed by atoms with Gasteiger partial charge in [-0.3, -0.25) is 4.79 Å². The second kappa shape index (κ2) is 4.82. The van der Waals surface area contributed by atoms with E-state index in [1.165, 1.54) is 6.33 Å². The van der Waals surface area contributed by atoms with Crippen LogP contribution in [0, 0.1) is 6.92 Å². The van der Waals surface area contributed by atoms with Crippen molar-refractivity contribution in [1.82, 2.24) is 9.97 Å². The van der Waals surface area contributed by atoms with E-state index in [-0.39, 0.29) is 0 Å². The van der Waals surface area contributed by atoms with Crippen LogP contribution < -0.4 is 4.74 Å². The van der Waals surface area contributed by atoms with E-state index >= 15 is 0 Å². The largest absolute Gasteiger partial charge is 0.494 e. The summed E-state index contributed by atoms with van der Waals surface area (Å²) in [7, 11) is 0. The molecule has 2 aromatic rings. The zero-order valence-electron chi connectivity index (χ0n) is 9.86. The monoisotopic (exact) mass is 230 g/mol. The fourth-order valence-electron chi connectivity index (χ4n) is 1.74. The Morgan fingerprint density at radius 3 is 2.94 bits per heavy atom. The molecule has 0 aliphatic heterocycles. The quantitative estimate of drug-likeness (QED) is 0.821. The van der Waals surface area contributed by atoms with Crippen molar-refractivity contribution in [3.63, 3.8) is 0 Å². The van der Waals surface area contributed by atoms with Crippen LogP contribution in [0.5, 0.6) is 5.75 Å². The summed E-state index contributed by atoms with van der Waals surface area (Å²) in [5.41, 5.74) is 3.11. The standard InChI is InChI=1S/C13H14N2O2/c1-3-17-12-5-4-10(6-9(12)2)13-11(7-16)14-8-15-13/h4-8H,3H2,1-2H3,(H,14,15). The fraction of sp³-hybridized carbons (Fsp3) is 0.231. The summed E-state index contributed by atoms with van der Waals surface area (Å²) in [6.45, 7) is 4.56. The number of aryl methyl sites for hydroxylation is 1. The number of nitrogens with zero attached hydrogens (tertiary/aromatic N) is 1. The molecular weight excluding hydrogens is 216 g/mol. The lowest BCUT2D eigenvalue weighted by atomic mass is 10.1. The van der Waals surface area contributed by atoms with E-state index in [0.29, 0.717) is 18.0 Å². The van der Waals surface area contributed by atoms with Gasteiger partial charge in [-0.2, -0.15) is 0 Å². The minimum atomic E-state index is 0.494. The van der Waals surface area contributed by atoms with Crippen LogP contribution in [0.15, 0.2) is 24.5 Å². The number of ether oxygens (including phenoxy) is 1.